The summed E-state index contributed by atoms with van der Waals surface area (Å²) >= 11 is 6.42. The molecule has 0 spiro atoms. The second kappa shape index (κ2) is 7.20. The van der Waals surface area contributed by atoms with Gasteiger partial charge in [-0.25, -0.2) is 18.1 Å². The summed E-state index contributed by atoms with van der Waals surface area (Å²) in [5.41, 5.74) is 6.12. The second-order valence-electron chi connectivity index (χ2n) is 7.47. The number of nitrogens with one attached hydrogen (secondary N) is 2. The number of pyridine rings is 1. The number of aromatic nitrogens is 1. The average molecular weight is 449 g/mol. The van der Waals surface area contributed by atoms with Crippen molar-refractivity contribution in [1.82, 2.24) is 9.71 Å². The van der Waals surface area contributed by atoms with Crippen molar-refractivity contribution < 1.29 is 8.42 Å². The van der Waals surface area contributed by atoms with Gasteiger partial charge >= 0.3 is 0 Å². The first-order chi connectivity index (χ1) is 14.9. The van der Waals surface area contributed by atoms with Crippen molar-refractivity contribution >= 4 is 33.5 Å². The quantitative estimate of drug-likeness (QED) is 0.602. The summed E-state index contributed by atoms with van der Waals surface area (Å²) in [4.78, 5) is 5.03. The van der Waals surface area contributed by atoms with E-state index in [2.05, 4.69) is 16.1 Å². The number of sulfonamides is 1. The molecule has 2 aliphatic rings. The molecule has 8 heteroatoms. The Morgan fingerprint density at radius 3 is 2.84 bits per heavy atom. The van der Waals surface area contributed by atoms with Gasteiger partial charge in [0.2, 0.25) is 10.0 Å². The summed E-state index contributed by atoms with van der Waals surface area (Å²) in [5.74, 6) is 0.763. The van der Waals surface area contributed by atoms with E-state index in [4.69, 9.17) is 16.6 Å². The van der Waals surface area contributed by atoms with E-state index in [0.29, 0.717) is 23.4 Å². The average Bonchev–Trinajstić information content (AvgIpc) is 3.08. The van der Waals surface area contributed by atoms with Crippen LogP contribution in [-0.2, 0) is 16.6 Å². The third-order valence-electron chi connectivity index (χ3n) is 5.60. The van der Waals surface area contributed by atoms with Crippen molar-refractivity contribution in [3.8, 4) is 28.5 Å². The van der Waals surface area contributed by atoms with Crippen molar-refractivity contribution in [3.63, 3.8) is 0 Å². The molecule has 0 fully saturated rings. The first-order valence-electron chi connectivity index (χ1n) is 9.67. The zero-order valence-corrected chi connectivity index (χ0v) is 18.1. The highest BCUT2D eigenvalue weighted by molar-refractivity contribution is 7.90. The van der Waals surface area contributed by atoms with Gasteiger partial charge in [0.25, 0.3) is 0 Å². The first kappa shape index (κ1) is 19.8. The Hall–Kier alpha value is -3.18. The Kier molecular flexibility index (Phi) is 4.59. The van der Waals surface area contributed by atoms with Gasteiger partial charge in [0.05, 0.1) is 22.3 Å². The van der Waals surface area contributed by atoms with Crippen LogP contribution in [0.1, 0.15) is 22.3 Å². The number of hydrogen-bond donors (Lipinski definition) is 2. The zero-order valence-electron chi connectivity index (χ0n) is 16.5. The number of benzene rings is 2. The Bertz CT molecular complexity index is 1440. The molecule has 0 saturated carbocycles. The summed E-state index contributed by atoms with van der Waals surface area (Å²) in [5, 5.41) is 12.9. The predicted octanol–water partition coefficient (Wildman–Crippen LogP) is 4.48. The van der Waals surface area contributed by atoms with E-state index in [1.807, 2.05) is 43.3 Å². The van der Waals surface area contributed by atoms with Crippen LogP contribution >= 0.6 is 11.6 Å². The summed E-state index contributed by atoms with van der Waals surface area (Å²) in [7, 11) is -3.58. The molecule has 0 radical (unpaired) electrons. The molecule has 0 bridgehead atoms. The second-order valence-corrected chi connectivity index (χ2v) is 9.58. The van der Waals surface area contributed by atoms with Gasteiger partial charge < -0.3 is 5.32 Å². The van der Waals surface area contributed by atoms with Gasteiger partial charge in [-0.3, -0.25) is 0 Å². The molecule has 2 N–H and O–H groups in total. The Morgan fingerprint density at radius 2 is 2.03 bits per heavy atom. The van der Waals surface area contributed by atoms with Gasteiger partial charge in [0, 0.05) is 29.8 Å². The molecule has 5 rings (SSSR count). The van der Waals surface area contributed by atoms with Crippen LogP contribution in [0.3, 0.4) is 0 Å². The van der Waals surface area contributed by atoms with Gasteiger partial charge in [0.15, 0.2) is 0 Å². The minimum atomic E-state index is -3.58. The molecule has 154 valence electrons. The monoisotopic (exact) mass is 448 g/mol. The lowest BCUT2D eigenvalue weighted by Gasteiger charge is -2.19. The third kappa shape index (κ3) is 3.20. The number of nitrogens with zero attached hydrogens (tertiary/aromatic N) is 2. The summed E-state index contributed by atoms with van der Waals surface area (Å²) < 4.78 is 27.0. The third-order valence-corrected chi connectivity index (χ3v) is 7.55. The number of fused-ring (bicyclic) bond motifs is 2. The molecule has 0 saturated heterocycles. The molecule has 1 aromatic heterocycles. The van der Waals surface area contributed by atoms with Crippen molar-refractivity contribution in [2.24, 2.45) is 0 Å². The van der Waals surface area contributed by atoms with Crippen LogP contribution < -0.4 is 10.0 Å². The molecule has 2 aliphatic heterocycles. The van der Waals surface area contributed by atoms with Crippen LogP contribution in [0, 0.1) is 18.3 Å². The van der Waals surface area contributed by atoms with Crippen LogP contribution in [0.2, 0.25) is 5.02 Å². The molecular formula is C23H17ClN4O2S. The fraction of sp³-hybridized carbons (Fsp3) is 0.130. The maximum Gasteiger partial charge on any atom is 0.242 e. The smallest absolute Gasteiger partial charge is 0.242 e. The van der Waals surface area contributed by atoms with Gasteiger partial charge in [0.1, 0.15) is 10.7 Å². The topological polar surface area (TPSA) is 94.9 Å². The zero-order chi connectivity index (χ0) is 21.8. The molecule has 3 heterocycles. The minimum Gasteiger partial charge on any atom is -0.366 e. The summed E-state index contributed by atoms with van der Waals surface area (Å²) in [6.07, 6.45) is 4.02. The number of halogens is 1. The first-order valence-corrected chi connectivity index (χ1v) is 11.5. The standard InChI is InChI=1S/C23H17ClN4O2S/c1-13-15(11-25)4-2-6-18(13)21-19(9-14-5-3-7-26-23(14)28-21)16-8-17-12-27-31(29,30)22(17)20(24)10-16/h2-6,8-10,27H,7,12H2,1H3,(H,26,28). The van der Waals surface area contributed by atoms with E-state index in [-0.39, 0.29) is 16.5 Å². The van der Waals surface area contributed by atoms with Crippen LogP contribution in [0.15, 0.2) is 47.4 Å². The van der Waals surface area contributed by atoms with Crippen LogP contribution in [0.5, 0.6) is 0 Å². The van der Waals surface area contributed by atoms with Crippen LogP contribution in [0.25, 0.3) is 28.5 Å². The van der Waals surface area contributed by atoms with Gasteiger partial charge in [-0.15, -0.1) is 0 Å². The molecule has 3 aromatic rings. The van der Waals surface area contributed by atoms with Gasteiger partial charge in [-0.1, -0.05) is 35.9 Å². The fourth-order valence-electron chi connectivity index (χ4n) is 4.06. The Balaban J connectivity index is 1.80. The highest BCUT2D eigenvalue weighted by Gasteiger charge is 2.30. The molecule has 0 unspecified atom stereocenters. The fourth-order valence-corrected chi connectivity index (χ4v) is 5.89. The normalized spacial score (nSPS) is 15.6. The van der Waals surface area contributed by atoms with E-state index >= 15 is 0 Å². The van der Waals surface area contributed by atoms with Crippen LogP contribution in [0.4, 0.5) is 5.82 Å². The Morgan fingerprint density at radius 1 is 1.19 bits per heavy atom. The minimum absolute atomic E-state index is 0.134. The van der Waals surface area contributed by atoms with E-state index in [9.17, 15) is 13.7 Å². The van der Waals surface area contributed by atoms with E-state index in [0.717, 1.165) is 33.6 Å². The number of rotatable bonds is 2. The molecule has 0 aliphatic carbocycles. The van der Waals surface area contributed by atoms with Crippen molar-refractivity contribution in [2.75, 3.05) is 11.9 Å². The maximum atomic E-state index is 12.3. The molecular weight excluding hydrogens is 432 g/mol. The molecule has 0 amide bonds. The lowest BCUT2D eigenvalue weighted by molar-refractivity contribution is 0.589. The van der Waals surface area contributed by atoms with E-state index in [1.54, 1.807) is 12.1 Å². The van der Waals surface area contributed by atoms with Gasteiger partial charge in [-0.05, 0) is 47.9 Å². The number of nitriles is 1. The predicted molar refractivity (Wildman–Crippen MR) is 121 cm³/mol. The molecule has 31 heavy (non-hydrogen) atoms. The number of hydrogen-bond acceptors (Lipinski definition) is 5. The SMILES string of the molecule is Cc1c(C#N)cccc1-c1nc2c(cc1-c1cc(Cl)c3c(c1)CNS3(=O)=O)C=CCN2. The lowest BCUT2D eigenvalue weighted by Crippen LogP contribution is -2.14. The molecule has 0 atom stereocenters. The number of anilines is 1. The highest BCUT2D eigenvalue weighted by Crippen LogP contribution is 2.41. The highest BCUT2D eigenvalue weighted by atomic mass is 35.5. The summed E-state index contributed by atoms with van der Waals surface area (Å²) in [6.45, 7) is 2.78. The van der Waals surface area contributed by atoms with E-state index in [1.165, 1.54) is 0 Å². The van der Waals surface area contributed by atoms with Crippen molar-refractivity contribution in [3.05, 3.63) is 69.8 Å². The molecule has 6 nitrogen and oxygen atoms in total. The van der Waals surface area contributed by atoms with E-state index < -0.39 is 10.0 Å². The van der Waals surface area contributed by atoms with Crippen LogP contribution in [-0.4, -0.2) is 19.9 Å². The molecule has 2 aromatic carbocycles. The lowest BCUT2D eigenvalue weighted by atomic mass is 9.92. The van der Waals surface area contributed by atoms with Gasteiger partial charge in [-0.2, -0.15) is 5.26 Å². The largest absolute Gasteiger partial charge is 0.366 e. The summed E-state index contributed by atoms with van der Waals surface area (Å²) in [6, 6.07) is 13.3. The Labute approximate surface area is 185 Å². The van der Waals surface area contributed by atoms with Crippen molar-refractivity contribution in [2.45, 2.75) is 18.4 Å². The van der Waals surface area contributed by atoms with Crippen molar-refractivity contribution in [1.29, 1.82) is 5.26 Å². The maximum absolute atomic E-state index is 12.3.